The van der Waals surface area contributed by atoms with E-state index < -0.39 is 23.5 Å². The zero-order valence-corrected chi connectivity index (χ0v) is 17.7. The Bertz CT molecular complexity index is 1160. The highest BCUT2D eigenvalue weighted by atomic mass is 79.9. The maximum Gasteiger partial charge on any atom is 0.300 e. The summed E-state index contributed by atoms with van der Waals surface area (Å²) in [6, 6.07) is 17.8. The Kier molecular flexibility index (Phi) is 5.45. The fourth-order valence-corrected chi connectivity index (χ4v) is 3.81. The molecule has 1 atom stereocenters. The molecule has 1 heterocycles. The summed E-state index contributed by atoms with van der Waals surface area (Å²) in [5.74, 6) is -2.39. The minimum Gasteiger partial charge on any atom is -0.507 e. The second-order valence-electron chi connectivity index (χ2n) is 6.70. The number of carbonyl (C=O) groups is 2. The number of nitrogens with zero attached hydrogens (tertiary/aromatic N) is 1. The third-order valence-electron chi connectivity index (χ3n) is 4.85. The van der Waals surface area contributed by atoms with E-state index in [9.17, 15) is 19.1 Å². The first-order valence-electron chi connectivity index (χ1n) is 8.95. The van der Waals surface area contributed by atoms with E-state index in [0.29, 0.717) is 21.8 Å². The first-order chi connectivity index (χ1) is 14.4. The highest BCUT2D eigenvalue weighted by Gasteiger charge is 2.46. The first kappa shape index (κ1) is 20.3. The molecule has 0 aliphatic carbocycles. The molecule has 4 nitrogen and oxygen atoms in total. The van der Waals surface area contributed by atoms with Crippen LogP contribution in [0.25, 0.3) is 5.76 Å². The van der Waals surface area contributed by atoms with Gasteiger partial charge in [-0.3, -0.25) is 14.5 Å². The first-order valence-corrected chi connectivity index (χ1v) is 10.1. The van der Waals surface area contributed by atoms with Gasteiger partial charge >= 0.3 is 0 Å². The summed E-state index contributed by atoms with van der Waals surface area (Å²) in [5.41, 5.74) is 1.28. The molecule has 1 amide bonds. The number of hydrogen-bond acceptors (Lipinski definition) is 3. The summed E-state index contributed by atoms with van der Waals surface area (Å²) in [6.45, 7) is 0. The molecule has 3 aromatic carbocycles. The van der Waals surface area contributed by atoms with Gasteiger partial charge in [-0.2, -0.15) is 0 Å². The summed E-state index contributed by atoms with van der Waals surface area (Å²) < 4.78 is 14.3. The van der Waals surface area contributed by atoms with Crippen molar-refractivity contribution < 1.29 is 19.1 Å². The molecule has 0 radical (unpaired) electrons. The Balaban J connectivity index is 1.93. The van der Waals surface area contributed by atoms with Crippen LogP contribution in [-0.4, -0.2) is 16.8 Å². The monoisotopic (exact) mass is 485 g/mol. The molecule has 150 valence electrons. The molecular formula is C23H14BrClFNO3. The quantitative estimate of drug-likeness (QED) is 0.286. The number of anilines is 1. The zero-order chi connectivity index (χ0) is 21.4. The Hall–Kier alpha value is -2.96. The van der Waals surface area contributed by atoms with Crippen LogP contribution in [0.15, 0.2) is 82.8 Å². The van der Waals surface area contributed by atoms with E-state index in [1.54, 1.807) is 48.5 Å². The van der Waals surface area contributed by atoms with Crippen LogP contribution < -0.4 is 4.90 Å². The molecule has 0 bridgehead atoms. The van der Waals surface area contributed by atoms with Crippen molar-refractivity contribution in [1.82, 2.24) is 0 Å². The maximum atomic E-state index is 13.4. The summed E-state index contributed by atoms with van der Waals surface area (Å²) in [4.78, 5) is 27.2. The molecular weight excluding hydrogens is 473 g/mol. The molecule has 0 spiro atoms. The van der Waals surface area contributed by atoms with Crippen LogP contribution in [-0.2, 0) is 9.59 Å². The van der Waals surface area contributed by atoms with Gasteiger partial charge in [0, 0.05) is 20.7 Å². The number of carbonyl (C=O) groups excluding carboxylic acids is 2. The lowest BCUT2D eigenvalue weighted by molar-refractivity contribution is -0.132. The predicted molar refractivity (Wildman–Crippen MR) is 117 cm³/mol. The molecule has 3 aromatic rings. The third-order valence-corrected chi connectivity index (χ3v) is 5.63. The second-order valence-corrected chi connectivity index (χ2v) is 8.06. The molecule has 7 heteroatoms. The molecule has 1 saturated heterocycles. The van der Waals surface area contributed by atoms with E-state index in [1.807, 2.05) is 0 Å². The molecule has 4 rings (SSSR count). The van der Waals surface area contributed by atoms with Crippen molar-refractivity contribution in [3.63, 3.8) is 0 Å². The Labute approximate surface area is 185 Å². The average molecular weight is 487 g/mol. The summed E-state index contributed by atoms with van der Waals surface area (Å²) in [7, 11) is 0. The number of aliphatic hydroxyl groups is 1. The van der Waals surface area contributed by atoms with Gasteiger partial charge in [0.25, 0.3) is 11.7 Å². The predicted octanol–water partition coefficient (Wildman–Crippen LogP) is 5.87. The standard InChI is InChI=1S/C23H14BrClFNO3/c24-15-5-1-13(2-6-15)20-19(21(28)14-3-7-16(25)8-4-14)22(29)23(30)27(20)18-11-9-17(26)10-12-18/h1-12,20,28H/t20-/m1/s1. The van der Waals surface area contributed by atoms with E-state index in [4.69, 9.17) is 11.6 Å². The minimum absolute atomic E-state index is 0.0473. The number of amides is 1. The van der Waals surface area contributed by atoms with Gasteiger partial charge in [-0.15, -0.1) is 0 Å². The van der Waals surface area contributed by atoms with E-state index >= 15 is 0 Å². The van der Waals surface area contributed by atoms with Gasteiger partial charge in [-0.05, 0) is 66.2 Å². The number of aliphatic hydroxyl groups excluding tert-OH is 1. The Morgan fingerprint density at radius 2 is 1.53 bits per heavy atom. The van der Waals surface area contributed by atoms with Crippen LogP contribution >= 0.6 is 27.5 Å². The van der Waals surface area contributed by atoms with Crippen LogP contribution in [0.2, 0.25) is 5.02 Å². The Morgan fingerprint density at radius 3 is 2.13 bits per heavy atom. The smallest absolute Gasteiger partial charge is 0.300 e. The van der Waals surface area contributed by atoms with E-state index in [2.05, 4.69) is 15.9 Å². The Morgan fingerprint density at radius 1 is 0.933 bits per heavy atom. The molecule has 1 fully saturated rings. The molecule has 30 heavy (non-hydrogen) atoms. The van der Waals surface area contributed by atoms with Crippen molar-refractivity contribution in [3.8, 4) is 0 Å². The summed E-state index contributed by atoms with van der Waals surface area (Å²) in [5, 5.41) is 11.4. The highest BCUT2D eigenvalue weighted by molar-refractivity contribution is 9.10. The van der Waals surface area contributed by atoms with Gasteiger partial charge in [0.1, 0.15) is 11.6 Å². The number of halogens is 3. The average Bonchev–Trinajstić information content (AvgIpc) is 3.00. The van der Waals surface area contributed by atoms with E-state index in [0.717, 1.165) is 4.47 Å². The fraction of sp³-hybridized carbons (Fsp3) is 0.0435. The lowest BCUT2D eigenvalue weighted by Gasteiger charge is -2.25. The largest absolute Gasteiger partial charge is 0.507 e. The SMILES string of the molecule is O=C1C(=O)N(c2ccc(F)cc2)[C@H](c2ccc(Br)cc2)C1=C(O)c1ccc(Cl)cc1. The third kappa shape index (κ3) is 3.64. The maximum absolute atomic E-state index is 13.4. The normalized spacial score (nSPS) is 18.1. The van der Waals surface area contributed by atoms with Crippen molar-refractivity contribution in [2.24, 2.45) is 0 Å². The minimum atomic E-state index is -0.876. The van der Waals surface area contributed by atoms with Crippen LogP contribution in [0.1, 0.15) is 17.2 Å². The van der Waals surface area contributed by atoms with Crippen molar-refractivity contribution in [2.45, 2.75) is 6.04 Å². The number of ketones is 1. The van der Waals surface area contributed by atoms with Crippen LogP contribution in [0.4, 0.5) is 10.1 Å². The van der Waals surface area contributed by atoms with Crippen molar-refractivity contribution in [1.29, 1.82) is 0 Å². The van der Waals surface area contributed by atoms with E-state index in [1.165, 1.54) is 29.2 Å². The number of benzene rings is 3. The van der Waals surface area contributed by atoms with Gasteiger partial charge in [-0.1, -0.05) is 39.7 Å². The fourth-order valence-electron chi connectivity index (χ4n) is 3.42. The van der Waals surface area contributed by atoms with Crippen LogP contribution in [0, 0.1) is 5.82 Å². The van der Waals surface area contributed by atoms with Gasteiger partial charge in [0.2, 0.25) is 0 Å². The van der Waals surface area contributed by atoms with Gasteiger partial charge < -0.3 is 5.11 Å². The molecule has 1 N–H and O–H groups in total. The van der Waals surface area contributed by atoms with Crippen LogP contribution in [0.3, 0.4) is 0 Å². The molecule has 1 aliphatic rings. The zero-order valence-electron chi connectivity index (χ0n) is 15.4. The topological polar surface area (TPSA) is 57.6 Å². The molecule has 0 aromatic heterocycles. The van der Waals surface area contributed by atoms with Crippen molar-refractivity contribution in [3.05, 3.63) is 105 Å². The van der Waals surface area contributed by atoms with E-state index in [-0.39, 0.29) is 11.3 Å². The molecule has 0 unspecified atom stereocenters. The number of rotatable bonds is 3. The summed E-state index contributed by atoms with van der Waals surface area (Å²) >= 11 is 9.29. The van der Waals surface area contributed by atoms with Gasteiger partial charge in [0.15, 0.2) is 0 Å². The van der Waals surface area contributed by atoms with Crippen molar-refractivity contribution >= 4 is 50.7 Å². The van der Waals surface area contributed by atoms with Crippen LogP contribution in [0.5, 0.6) is 0 Å². The highest BCUT2D eigenvalue weighted by Crippen LogP contribution is 2.42. The summed E-state index contributed by atoms with van der Waals surface area (Å²) in [6.07, 6.45) is 0. The van der Waals surface area contributed by atoms with Gasteiger partial charge in [0.05, 0.1) is 11.6 Å². The van der Waals surface area contributed by atoms with Crippen molar-refractivity contribution in [2.75, 3.05) is 4.90 Å². The number of hydrogen-bond donors (Lipinski definition) is 1. The lowest BCUT2D eigenvalue weighted by atomic mass is 9.95. The lowest BCUT2D eigenvalue weighted by Crippen LogP contribution is -2.29. The second kappa shape index (κ2) is 8.05. The van der Waals surface area contributed by atoms with Gasteiger partial charge in [-0.25, -0.2) is 4.39 Å². The number of Topliss-reactive ketones (excluding diaryl/α,β-unsaturated/α-hetero) is 1. The molecule has 1 aliphatic heterocycles. The molecule has 0 saturated carbocycles.